The van der Waals surface area contributed by atoms with E-state index in [9.17, 15) is 0 Å². The molecule has 0 unspecified atom stereocenters. The number of benzene rings is 2. The van der Waals surface area contributed by atoms with Crippen molar-refractivity contribution in [1.82, 2.24) is 20.3 Å². The van der Waals surface area contributed by atoms with E-state index in [4.69, 9.17) is 11.6 Å². The van der Waals surface area contributed by atoms with E-state index in [-0.39, 0.29) is 0 Å². The highest BCUT2D eigenvalue weighted by atomic mass is 35.5. The summed E-state index contributed by atoms with van der Waals surface area (Å²) in [5, 5.41) is 13.4. The standard InChI is InChI=1S/C19H21ClN4/c1-2-24-22-18(19(23-24)16-6-4-3-5-7-16)14-21-13-12-15-8-10-17(20)11-9-15/h3-11,21H,2,12-14H2,1H3. The van der Waals surface area contributed by atoms with Gasteiger partial charge in [0.25, 0.3) is 0 Å². The van der Waals surface area contributed by atoms with Gasteiger partial charge in [-0.15, -0.1) is 0 Å². The Bertz CT molecular complexity index is 766. The van der Waals surface area contributed by atoms with Gasteiger partial charge in [-0.05, 0) is 37.6 Å². The lowest BCUT2D eigenvalue weighted by Gasteiger charge is -2.05. The molecule has 1 heterocycles. The van der Waals surface area contributed by atoms with E-state index in [1.54, 1.807) is 4.80 Å². The lowest BCUT2D eigenvalue weighted by atomic mass is 10.1. The van der Waals surface area contributed by atoms with Crippen molar-refractivity contribution in [2.75, 3.05) is 6.54 Å². The molecule has 0 saturated heterocycles. The molecular weight excluding hydrogens is 320 g/mol. The molecule has 124 valence electrons. The molecule has 2 aromatic carbocycles. The molecule has 5 heteroatoms. The Hall–Kier alpha value is -2.17. The van der Waals surface area contributed by atoms with Gasteiger partial charge in [0.05, 0.1) is 6.54 Å². The molecule has 0 fully saturated rings. The fourth-order valence-electron chi connectivity index (χ4n) is 2.55. The van der Waals surface area contributed by atoms with Crippen LogP contribution in [0.5, 0.6) is 0 Å². The maximum absolute atomic E-state index is 5.91. The molecule has 0 atom stereocenters. The van der Waals surface area contributed by atoms with E-state index in [1.807, 2.05) is 37.3 Å². The van der Waals surface area contributed by atoms with Crippen LogP contribution in [0, 0.1) is 0 Å². The van der Waals surface area contributed by atoms with E-state index in [1.165, 1.54) is 5.56 Å². The zero-order chi connectivity index (χ0) is 16.8. The van der Waals surface area contributed by atoms with E-state index in [2.05, 4.69) is 39.8 Å². The minimum atomic E-state index is 0.706. The van der Waals surface area contributed by atoms with Gasteiger partial charge in [0.1, 0.15) is 11.4 Å². The summed E-state index contributed by atoms with van der Waals surface area (Å²) in [5.41, 5.74) is 4.31. The fraction of sp³-hybridized carbons (Fsp3) is 0.263. The van der Waals surface area contributed by atoms with Gasteiger partial charge in [-0.3, -0.25) is 0 Å². The molecule has 3 aromatic rings. The van der Waals surface area contributed by atoms with Gasteiger partial charge in [0, 0.05) is 17.1 Å². The SMILES string of the molecule is CCn1nc(CNCCc2ccc(Cl)cc2)c(-c2ccccc2)n1. The maximum Gasteiger partial charge on any atom is 0.117 e. The van der Waals surface area contributed by atoms with Gasteiger partial charge in [-0.25, -0.2) is 0 Å². The second kappa shape index (κ2) is 8.08. The van der Waals surface area contributed by atoms with Crippen molar-refractivity contribution >= 4 is 11.6 Å². The summed E-state index contributed by atoms with van der Waals surface area (Å²) in [7, 11) is 0. The van der Waals surface area contributed by atoms with Crippen LogP contribution in [0.1, 0.15) is 18.2 Å². The Morgan fingerprint density at radius 2 is 1.75 bits per heavy atom. The largest absolute Gasteiger partial charge is 0.311 e. The Labute approximate surface area is 147 Å². The highest BCUT2D eigenvalue weighted by molar-refractivity contribution is 6.30. The predicted molar refractivity (Wildman–Crippen MR) is 98.0 cm³/mol. The third-order valence-electron chi connectivity index (χ3n) is 3.85. The number of nitrogens with one attached hydrogen (secondary N) is 1. The highest BCUT2D eigenvalue weighted by Gasteiger charge is 2.12. The monoisotopic (exact) mass is 340 g/mol. The second-order valence-corrected chi connectivity index (χ2v) is 6.04. The van der Waals surface area contributed by atoms with Gasteiger partial charge in [0.2, 0.25) is 0 Å². The molecule has 0 aliphatic rings. The highest BCUT2D eigenvalue weighted by Crippen LogP contribution is 2.19. The van der Waals surface area contributed by atoms with Crippen LogP contribution < -0.4 is 5.32 Å². The molecule has 0 amide bonds. The molecular formula is C19H21ClN4. The van der Waals surface area contributed by atoms with Gasteiger partial charge in [-0.1, -0.05) is 54.1 Å². The number of aromatic nitrogens is 3. The van der Waals surface area contributed by atoms with Crippen molar-refractivity contribution in [2.24, 2.45) is 0 Å². The van der Waals surface area contributed by atoms with Gasteiger partial charge in [0.15, 0.2) is 0 Å². The third-order valence-corrected chi connectivity index (χ3v) is 4.10. The van der Waals surface area contributed by atoms with Crippen LogP contribution in [0.4, 0.5) is 0 Å². The van der Waals surface area contributed by atoms with Crippen molar-refractivity contribution in [3.8, 4) is 11.3 Å². The lowest BCUT2D eigenvalue weighted by Crippen LogP contribution is -2.17. The maximum atomic E-state index is 5.91. The third kappa shape index (κ3) is 4.22. The summed E-state index contributed by atoms with van der Waals surface area (Å²) in [6, 6.07) is 18.2. The fourth-order valence-corrected chi connectivity index (χ4v) is 2.68. The minimum Gasteiger partial charge on any atom is -0.311 e. The number of halogens is 1. The van der Waals surface area contributed by atoms with Crippen molar-refractivity contribution in [2.45, 2.75) is 26.4 Å². The first-order valence-electron chi connectivity index (χ1n) is 8.21. The van der Waals surface area contributed by atoms with Crippen LogP contribution in [0.3, 0.4) is 0 Å². The quantitative estimate of drug-likeness (QED) is 0.662. The first-order valence-corrected chi connectivity index (χ1v) is 8.58. The summed E-state index contributed by atoms with van der Waals surface area (Å²) in [6.07, 6.45) is 0.958. The molecule has 0 aliphatic carbocycles. The summed E-state index contributed by atoms with van der Waals surface area (Å²) in [6.45, 7) is 4.41. The Morgan fingerprint density at radius 1 is 1.00 bits per heavy atom. The normalized spacial score (nSPS) is 10.9. The van der Waals surface area contributed by atoms with Crippen LogP contribution in [0.25, 0.3) is 11.3 Å². The van der Waals surface area contributed by atoms with E-state index in [0.717, 1.165) is 41.5 Å². The number of hydrogen-bond donors (Lipinski definition) is 1. The van der Waals surface area contributed by atoms with Gasteiger partial charge < -0.3 is 5.32 Å². The van der Waals surface area contributed by atoms with Crippen molar-refractivity contribution in [1.29, 1.82) is 0 Å². The van der Waals surface area contributed by atoms with Gasteiger partial charge in [-0.2, -0.15) is 15.0 Å². The predicted octanol–water partition coefficient (Wildman–Crippen LogP) is 3.95. The second-order valence-electron chi connectivity index (χ2n) is 5.60. The van der Waals surface area contributed by atoms with Crippen LogP contribution in [0.2, 0.25) is 5.02 Å². The Kier molecular flexibility index (Phi) is 5.62. The topological polar surface area (TPSA) is 42.7 Å². The first kappa shape index (κ1) is 16.7. The molecule has 4 nitrogen and oxygen atoms in total. The average molecular weight is 341 g/mol. The molecule has 1 aromatic heterocycles. The zero-order valence-corrected chi connectivity index (χ0v) is 14.5. The zero-order valence-electron chi connectivity index (χ0n) is 13.7. The molecule has 0 radical (unpaired) electrons. The Morgan fingerprint density at radius 3 is 2.46 bits per heavy atom. The van der Waals surface area contributed by atoms with Crippen LogP contribution >= 0.6 is 11.6 Å². The molecule has 24 heavy (non-hydrogen) atoms. The Balaban J connectivity index is 1.62. The number of nitrogens with zero attached hydrogens (tertiary/aromatic N) is 3. The molecule has 1 N–H and O–H groups in total. The van der Waals surface area contributed by atoms with E-state index in [0.29, 0.717) is 6.54 Å². The van der Waals surface area contributed by atoms with Crippen LogP contribution in [-0.4, -0.2) is 21.5 Å². The van der Waals surface area contributed by atoms with E-state index < -0.39 is 0 Å². The smallest absolute Gasteiger partial charge is 0.117 e. The molecule has 3 rings (SSSR count). The summed E-state index contributed by atoms with van der Waals surface area (Å²) < 4.78 is 0. The van der Waals surface area contributed by atoms with Crippen molar-refractivity contribution in [3.63, 3.8) is 0 Å². The minimum absolute atomic E-state index is 0.706. The molecule has 0 bridgehead atoms. The summed E-state index contributed by atoms with van der Waals surface area (Å²) in [4.78, 5) is 1.75. The van der Waals surface area contributed by atoms with Crippen molar-refractivity contribution in [3.05, 3.63) is 70.9 Å². The average Bonchev–Trinajstić information content (AvgIpc) is 3.04. The number of aryl methyl sites for hydroxylation is 1. The molecule has 0 saturated carbocycles. The molecule has 0 spiro atoms. The van der Waals surface area contributed by atoms with Crippen LogP contribution in [-0.2, 0) is 19.5 Å². The molecule has 0 aliphatic heterocycles. The van der Waals surface area contributed by atoms with Crippen molar-refractivity contribution < 1.29 is 0 Å². The number of rotatable bonds is 7. The van der Waals surface area contributed by atoms with Gasteiger partial charge >= 0.3 is 0 Å². The van der Waals surface area contributed by atoms with E-state index >= 15 is 0 Å². The van der Waals surface area contributed by atoms with Crippen LogP contribution in [0.15, 0.2) is 54.6 Å². The summed E-state index contributed by atoms with van der Waals surface area (Å²) in [5.74, 6) is 0. The summed E-state index contributed by atoms with van der Waals surface area (Å²) >= 11 is 5.91. The first-order chi connectivity index (χ1) is 11.8. The lowest BCUT2D eigenvalue weighted by molar-refractivity contribution is 0.558. The number of hydrogen-bond acceptors (Lipinski definition) is 3.